The van der Waals surface area contributed by atoms with Crippen LogP contribution in [0.2, 0.25) is 0 Å². The van der Waals surface area contributed by atoms with Crippen molar-refractivity contribution in [2.75, 3.05) is 54.4 Å². The Morgan fingerprint density at radius 1 is 0.821 bits per heavy atom. The molecule has 0 atom stereocenters. The fourth-order valence-corrected chi connectivity index (χ4v) is 2.26. The van der Waals surface area contributed by atoms with Crippen molar-refractivity contribution < 1.29 is 58.6 Å². The maximum atomic E-state index is 5.94. The van der Waals surface area contributed by atoms with Gasteiger partial charge in [0.15, 0.2) is 0 Å². The smallest absolute Gasteiger partial charge is 0.291 e. The molecular weight excluding hydrogens is 582 g/mol. The van der Waals surface area contributed by atoms with Crippen molar-refractivity contribution in [2.24, 2.45) is 21.5 Å². The van der Waals surface area contributed by atoms with Crippen molar-refractivity contribution >= 4 is 11.9 Å². The molecule has 0 unspecified atom stereocenters. The molecule has 0 fully saturated rings. The lowest BCUT2D eigenvalue weighted by Gasteiger charge is -2.07. The fourth-order valence-electron chi connectivity index (χ4n) is 2.26. The number of guanidine groups is 2. The monoisotopic (exact) mass is 618 g/mol. The topological polar surface area (TPSA) is 116 Å². The highest BCUT2D eigenvalue weighted by Gasteiger charge is 2.01. The van der Waals surface area contributed by atoms with Crippen molar-refractivity contribution in [1.29, 1.82) is 0 Å². The van der Waals surface area contributed by atoms with Gasteiger partial charge in [-0.1, -0.05) is 24.3 Å². The van der Waals surface area contributed by atoms with E-state index in [0.717, 1.165) is 37.3 Å². The van der Waals surface area contributed by atoms with Crippen LogP contribution in [0.3, 0.4) is 0 Å². The van der Waals surface area contributed by atoms with E-state index in [2.05, 4.69) is 38.0 Å². The van der Waals surface area contributed by atoms with E-state index >= 15 is 0 Å². The molecular formula is C18H36I2N8. The van der Waals surface area contributed by atoms with Crippen LogP contribution in [0.1, 0.15) is 11.1 Å². The van der Waals surface area contributed by atoms with Crippen molar-refractivity contribution in [3.05, 3.63) is 35.4 Å². The van der Waals surface area contributed by atoms with Crippen molar-refractivity contribution in [2.45, 2.75) is 13.1 Å². The van der Waals surface area contributed by atoms with Crippen LogP contribution < -0.4 is 70.1 Å². The van der Waals surface area contributed by atoms with E-state index in [0.29, 0.717) is 25.0 Å². The summed E-state index contributed by atoms with van der Waals surface area (Å²) < 4.78 is 0. The number of quaternary nitrogens is 2. The molecule has 1 aromatic rings. The standard InChI is InChI=1S/C18H34N8.2HI/c1-25(2)10-8-21-17(19)23-13-15-6-5-7-16(12-15)14-24-18(20)22-9-11-26(3)4;;/h5-7,12H,8-11,13-14H2,1-4H3,(H3,19,21,23)(H3,20,22,24);2*1H. The summed E-state index contributed by atoms with van der Waals surface area (Å²) in [5, 5.41) is 3.94. The molecule has 8 N–H and O–H groups in total. The Bertz CT molecular complexity index is 543. The Labute approximate surface area is 203 Å². The minimum Gasteiger partial charge on any atom is -1.00 e. The van der Waals surface area contributed by atoms with E-state index in [1.165, 1.54) is 0 Å². The molecule has 0 radical (unpaired) electrons. The lowest BCUT2D eigenvalue weighted by Crippen LogP contribution is -3.00. The second kappa shape index (κ2) is 17.3. The fraction of sp³-hybridized carbons (Fsp3) is 0.556. The molecule has 0 spiro atoms. The van der Waals surface area contributed by atoms with Crippen LogP contribution in [0, 0.1) is 0 Å². The normalized spacial score (nSPS) is 12.1. The number of hydrogen-bond acceptors (Lipinski definition) is 4. The van der Waals surface area contributed by atoms with E-state index in [1.54, 1.807) is 0 Å². The number of likely N-dealkylation sites (N-methyl/N-ethyl adjacent to an activating group) is 2. The van der Waals surface area contributed by atoms with Gasteiger partial charge >= 0.3 is 0 Å². The minimum absolute atomic E-state index is 0. The molecule has 0 aliphatic carbocycles. The second-order valence-corrected chi connectivity index (χ2v) is 6.89. The maximum Gasteiger partial charge on any atom is 0.291 e. The van der Waals surface area contributed by atoms with Gasteiger partial charge < -0.3 is 69.2 Å². The number of halogens is 2. The first kappa shape index (κ1) is 29.7. The molecule has 1 aromatic carbocycles. The van der Waals surface area contributed by atoms with Crippen LogP contribution in [0.15, 0.2) is 34.3 Å². The summed E-state index contributed by atoms with van der Waals surface area (Å²) in [7, 11) is 8.17. The van der Waals surface area contributed by atoms with Crippen molar-refractivity contribution in [3.8, 4) is 0 Å². The van der Waals surface area contributed by atoms with Crippen molar-refractivity contribution in [3.63, 3.8) is 0 Å². The summed E-state index contributed by atoms with van der Waals surface area (Å²) in [6, 6.07) is 8.23. The van der Waals surface area contributed by atoms with Crippen LogP contribution in [0.5, 0.6) is 0 Å². The number of nitrogens with zero attached hydrogens (tertiary/aromatic N) is 4. The molecule has 0 saturated carbocycles. The third-order valence-electron chi connectivity index (χ3n) is 3.74. The first-order valence-electron chi connectivity index (χ1n) is 9.00. The molecule has 8 nitrogen and oxygen atoms in total. The van der Waals surface area contributed by atoms with Gasteiger partial charge in [0.25, 0.3) is 11.9 Å². The number of hydrogen-bond donors (Lipinski definition) is 4. The van der Waals surface area contributed by atoms with Gasteiger partial charge in [-0.05, 0) is 39.3 Å². The molecule has 10 heteroatoms. The first-order chi connectivity index (χ1) is 12.4. The summed E-state index contributed by atoms with van der Waals surface area (Å²) in [5.74, 6) is 1.19. The molecule has 162 valence electrons. The zero-order valence-electron chi connectivity index (χ0n) is 17.4. The van der Waals surface area contributed by atoms with E-state index in [1.807, 2.05) is 44.9 Å². The van der Waals surface area contributed by atoms with Crippen LogP contribution in [0.4, 0.5) is 0 Å². The third kappa shape index (κ3) is 15.4. The number of rotatable bonds is 10. The molecule has 28 heavy (non-hydrogen) atoms. The molecule has 0 aromatic heterocycles. The van der Waals surface area contributed by atoms with Gasteiger partial charge in [-0.25, -0.2) is 9.98 Å². The minimum atomic E-state index is 0. The van der Waals surface area contributed by atoms with E-state index < -0.39 is 0 Å². The Morgan fingerprint density at radius 3 is 1.57 bits per heavy atom. The lowest BCUT2D eigenvalue weighted by molar-refractivity contribution is -0.541. The van der Waals surface area contributed by atoms with E-state index in [-0.39, 0.29) is 48.0 Å². The van der Waals surface area contributed by atoms with Crippen LogP contribution in [0.25, 0.3) is 0 Å². The maximum absolute atomic E-state index is 5.94. The van der Waals surface area contributed by atoms with Crippen LogP contribution >= 0.6 is 0 Å². The summed E-state index contributed by atoms with van der Waals surface area (Å²) >= 11 is 0. The SMILES string of the molecule is CN(C)CC[NH2+]C(N)=NCc1cccc(CN=C(N)[NH2+]CCN(C)C)c1.[I-].[I-]. The van der Waals surface area contributed by atoms with Gasteiger partial charge in [0.2, 0.25) is 0 Å². The lowest BCUT2D eigenvalue weighted by atomic mass is 10.1. The zero-order chi connectivity index (χ0) is 19.4. The van der Waals surface area contributed by atoms with Crippen LogP contribution in [-0.2, 0) is 13.1 Å². The number of benzene rings is 1. The summed E-state index contributed by atoms with van der Waals surface area (Å²) in [4.78, 5) is 13.1. The van der Waals surface area contributed by atoms with Crippen LogP contribution in [-0.4, -0.2) is 76.1 Å². The first-order valence-corrected chi connectivity index (χ1v) is 9.00. The summed E-state index contributed by atoms with van der Waals surface area (Å²) in [5.41, 5.74) is 14.1. The number of aliphatic imine (C=N–C) groups is 2. The van der Waals surface area contributed by atoms with Gasteiger partial charge in [0.05, 0.1) is 26.2 Å². The largest absolute Gasteiger partial charge is 1.00 e. The highest BCUT2D eigenvalue weighted by Crippen LogP contribution is 2.07. The quantitative estimate of drug-likeness (QED) is 0.119. The third-order valence-corrected chi connectivity index (χ3v) is 3.74. The van der Waals surface area contributed by atoms with Gasteiger partial charge in [-0.2, -0.15) is 0 Å². The molecule has 0 amide bonds. The predicted molar refractivity (Wildman–Crippen MR) is 108 cm³/mol. The van der Waals surface area contributed by atoms with Gasteiger partial charge in [0.1, 0.15) is 0 Å². The summed E-state index contributed by atoms with van der Waals surface area (Å²) in [6.07, 6.45) is 0. The Kier molecular flexibility index (Phi) is 18.4. The second-order valence-electron chi connectivity index (χ2n) is 6.89. The average Bonchev–Trinajstić information content (AvgIpc) is 2.58. The highest BCUT2D eigenvalue weighted by atomic mass is 127. The predicted octanol–water partition coefficient (Wildman–Crippen LogP) is -8.43. The molecule has 1 rings (SSSR count). The molecule has 0 saturated heterocycles. The molecule has 0 aliphatic heterocycles. The van der Waals surface area contributed by atoms with E-state index in [9.17, 15) is 0 Å². The van der Waals surface area contributed by atoms with E-state index in [4.69, 9.17) is 11.5 Å². The zero-order valence-corrected chi connectivity index (χ0v) is 21.7. The Morgan fingerprint density at radius 2 is 1.21 bits per heavy atom. The Hall–Kier alpha value is -0.540. The molecule has 0 aliphatic rings. The van der Waals surface area contributed by atoms with Gasteiger partial charge in [-0.15, -0.1) is 0 Å². The molecule has 0 heterocycles. The Balaban J connectivity index is 0. The molecule has 0 bridgehead atoms. The van der Waals surface area contributed by atoms with Crippen molar-refractivity contribution in [1.82, 2.24) is 9.80 Å². The van der Waals surface area contributed by atoms with Gasteiger partial charge in [-0.3, -0.25) is 10.6 Å². The average molecular weight is 618 g/mol. The summed E-state index contributed by atoms with van der Waals surface area (Å²) in [6.45, 7) is 4.90. The highest BCUT2D eigenvalue weighted by molar-refractivity contribution is 5.67. The number of nitrogens with two attached hydrogens (primary N) is 4. The van der Waals surface area contributed by atoms with Gasteiger partial charge in [0, 0.05) is 13.1 Å².